The van der Waals surface area contributed by atoms with E-state index < -0.39 is 6.10 Å². The van der Waals surface area contributed by atoms with Gasteiger partial charge in [0.2, 0.25) is 0 Å². The van der Waals surface area contributed by atoms with Gasteiger partial charge in [-0.15, -0.1) is 11.3 Å². The number of benzene rings is 1. The molecule has 0 aliphatic rings. The minimum absolute atomic E-state index is 0.0477. The maximum atomic E-state index is 12.9. The molecular weight excluding hydrogens is 322 g/mol. The van der Waals surface area contributed by atoms with Gasteiger partial charge in [0.25, 0.3) is 5.91 Å². The van der Waals surface area contributed by atoms with Gasteiger partial charge in [-0.3, -0.25) is 4.79 Å². The lowest BCUT2D eigenvalue weighted by atomic mass is 10.2. The third kappa shape index (κ3) is 4.26. The maximum absolute atomic E-state index is 12.9. The molecule has 0 N–H and O–H groups in total. The molecule has 124 valence electrons. The van der Waals surface area contributed by atoms with Gasteiger partial charge in [0.15, 0.2) is 6.10 Å². The second-order valence-electron chi connectivity index (χ2n) is 5.48. The van der Waals surface area contributed by atoms with Crippen molar-refractivity contribution in [2.24, 2.45) is 0 Å². The van der Waals surface area contributed by atoms with Crippen molar-refractivity contribution >= 4 is 17.2 Å². The molecular formula is C19H19NO3S. The van der Waals surface area contributed by atoms with Crippen LogP contribution >= 0.6 is 11.3 Å². The standard InChI is InChI=1S/C19H19NO3S/c1-15(23-17-6-3-2-4-7-17)19(21)20(12-16-9-10-22-14-16)13-18-8-5-11-24-18/h2-11,14-15H,12-13H2,1H3/t15-/m0/s1. The summed E-state index contributed by atoms with van der Waals surface area (Å²) in [5.41, 5.74) is 0.965. The van der Waals surface area contributed by atoms with E-state index in [2.05, 4.69) is 0 Å². The normalized spacial score (nSPS) is 11.9. The zero-order valence-corrected chi connectivity index (χ0v) is 14.2. The van der Waals surface area contributed by atoms with Crippen molar-refractivity contribution in [2.45, 2.75) is 26.1 Å². The van der Waals surface area contributed by atoms with Crippen LogP contribution in [0.4, 0.5) is 0 Å². The number of amides is 1. The number of furan rings is 1. The Morgan fingerprint density at radius 2 is 2.00 bits per heavy atom. The van der Waals surface area contributed by atoms with Crippen molar-refractivity contribution in [3.63, 3.8) is 0 Å². The predicted octanol–water partition coefficient (Wildman–Crippen LogP) is 4.34. The molecule has 3 rings (SSSR count). The summed E-state index contributed by atoms with van der Waals surface area (Å²) >= 11 is 1.64. The molecule has 1 aromatic carbocycles. The zero-order chi connectivity index (χ0) is 16.8. The van der Waals surface area contributed by atoms with Crippen LogP contribution in [-0.2, 0) is 17.9 Å². The van der Waals surface area contributed by atoms with Crippen LogP contribution in [0.5, 0.6) is 5.75 Å². The van der Waals surface area contributed by atoms with Gasteiger partial charge < -0.3 is 14.1 Å². The summed E-state index contributed by atoms with van der Waals surface area (Å²) in [5.74, 6) is 0.645. The third-order valence-electron chi connectivity index (χ3n) is 3.60. The predicted molar refractivity (Wildman–Crippen MR) is 93.8 cm³/mol. The summed E-state index contributed by atoms with van der Waals surface area (Å²) < 4.78 is 10.9. The highest BCUT2D eigenvalue weighted by atomic mass is 32.1. The molecule has 0 aliphatic carbocycles. The summed E-state index contributed by atoms with van der Waals surface area (Å²) in [5, 5.41) is 2.01. The van der Waals surface area contributed by atoms with E-state index >= 15 is 0 Å². The molecule has 0 aliphatic heterocycles. The van der Waals surface area contributed by atoms with Crippen LogP contribution in [0, 0.1) is 0 Å². The number of hydrogen-bond donors (Lipinski definition) is 0. The van der Waals surface area contributed by atoms with Crippen molar-refractivity contribution in [3.8, 4) is 5.75 Å². The van der Waals surface area contributed by atoms with E-state index in [9.17, 15) is 4.79 Å². The molecule has 4 nitrogen and oxygen atoms in total. The molecule has 2 heterocycles. The number of hydrogen-bond acceptors (Lipinski definition) is 4. The van der Waals surface area contributed by atoms with E-state index in [1.54, 1.807) is 35.7 Å². The fraction of sp³-hybridized carbons (Fsp3) is 0.211. The average Bonchev–Trinajstić information content (AvgIpc) is 3.28. The van der Waals surface area contributed by atoms with Gasteiger partial charge in [0.05, 0.1) is 19.1 Å². The lowest BCUT2D eigenvalue weighted by Gasteiger charge is -2.25. The third-order valence-corrected chi connectivity index (χ3v) is 4.46. The van der Waals surface area contributed by atoms with Gasteiger partial charge in [-0.1, -0.05) is 24.3 Å². The number of carbonyl (C=O) groups is 1. The molecule has 0 saturated carbocycles. The highest BCUT2D eigenvalue weighted by Crippen LogP contribution is 2.18. The van der Waals surface area contributed by atoms with Crippen LogP contribution in [0.1, 0.15) is 17.4 Å². The topological polar surface area (TPSA) is 42.7 Å². The van der Waals surface area contributed by atoms with Gasteiger partial charge in [-0.2, -0.15) is 0 Å². The number of carbonyl (C=O) groups excluding carboxylic acids is 1. The van der Waals surface area contributed by atoms with E-state index in [0.29, 0.717) is 18.8 Å². The summed E-state index contributed by atoms with van der Waals surface area (Å²) in [6.07, 6.45) is 2.73. The van der Waals surface area contributed by atoms with Crippen molar-refractivity contribution < 1.29 is 13.9 Å². The van der Waals surface area contributed by atoms with Crippen molar-refractivity contribution in [2.75, 3.05) is 0 Å². The molecule has 0 spiro atoms. The average molecular weight is 341 g/mol. The van der Waals surface area contributed by atoms with Gasteiger partial charge in [0.1, 0.15) is 5.75 Å². The van der Waals surface area contributed by atoms with Gasteiger partial charge >= 0.3 is 0 Å². The van der Waals surface area contributed by atoms with E-state index in [0.717, 1.165) is 10.4 Å². The summed E-state index contributed by atoms with van der Waals surface area (Å²) in [7, 11) is 0. The first-order valence-corrected chi connectivity index (χ1v) is 8.64. The number of ether oxygens (including phenoxy) is 1. The molecule has 0 bridgehead atoms. The molecule has 0 saturated heterocycles. The summed E-state index contributed by atoms with van der Waals surface area (Å²) in [6, 6.07) is 15.3. The van der Waals surface area contributed by atoms with E-state index in [4.69, 9.17) is 9.15 Å². The lowest BCUT2D eigenvalue weighted by molar-refractivity contribution is -0.139. The number of thiophene rings is 1. The molecule has 3 aromatic rings. The number of nitrogens with zero attached hydrogens (tertiary/aromatic N) is 1. The fourth-order valence-corrected chi connectivity index (χ4v) is 3.14. The number of rotatable bonds is 7. The molecule has 1 atom stereocenters. The highest BCUT2D eigenvalue weighted by molar-refractivity contribution is 7.09. The van der Waals surface area contributed by atoms with Gasteiger partial charge in [-0.25, -0.2) is 0 Å². The fourth-order valence-electron chi connectivity index (χ4n) is 2.42. The molecule has 0 radical (unpaired) electrons. The van der Waals surface area contributed by atoms with Crippen LogP contribution in [0.25, 0.3) is 0 Å². The minimum atomic E-state index is -0.556. The Labute approximate surface area is 145 Å². The van der Waals surface area contributed by atoms with Crippen molar-refractivity contribution in [1.29, 1.82) is 0 Å². The zero-order valence-electron chi connectivity index (χ0n) is 13.4. The first-order chi connectivity index (χ1) is 11.7. The smallest absolute Gasteiger partial charge is 0.263 e. The van der Waals surface area contributed by atoms with Gasteiger partial charge in [-0.05, 0) is 36.6 Å². The molecule has 0 fully saturated rings. The maximum Gasteiger partial charge on any atom is 0.263 e. The minimum Gasteiger partial charge on any atom is -0.481 e. The Morgan fingerprint density at radius 1 is 1.17 bits per heavy atom. The Morgan fingerprint density at radius 3 is 2.67 bits per heavy atom. The van der Waals surface area contributed by atoms with Crippen molar-refractivity contribution in [3.05, 3.63) is 76.9 Å². The second-order valence-corrected chi connectivity index (χ2v) is 6.51. The quantitative estimate of drug-likeness (QED) is 0.642. The van der Waals surface area contributed by atoms with Crippen LogP contribution < -0.4 is 4.74 Å². The number of para-hydroxylation sites is 1. The van der Waals surface area contributed by atoms with E-state index in [-0.39, 0.29) is 5.91 Å². The van der Waals surface area contributed by atoms with Crippen LogP contribution in [0.15, 0.2) is 70.9 Å². The van der Waals surface area contributed by atoms with Gasteiger partial charge in [0, 0.05) is 17.0 Å². The Bertz CT molecular complexity index is 702. The summed E-state index contributed by atoms with van der Waals surface area (Å²) in [4.78, 5) is 15.8. The first-order valence-electron chi connectivity index (χ1n) is 7.76. The molecule has 2 aromatic heterocycles. The van der Waals surface area contributed by atoms with Crippen LogP contribution in [0.2, 0.25) is 0 Å². The highest BCUT2D eigenvalue weighted by Gasteiger charge is 2.23. The lowest BCUT2D eigenvalue weighted by Crippen LogP contribution is -2.39. The molecule has 1 amide bonds. The summed E-state index contributed by atoms with van der Waals surface area (Å²) in [6.45, 7) is 2.84. The van der Waals surface area contributed by atoms with E-state index in [1.165, 1.54) is 0 Å². The molecule has 5 heteroatoms. The van der Waals surface area contributed by atoms with Crippen LogP contribution in [-0.4, -0.2) is 16.9 Å². The SMILES string of the molecule is C[C@H](Oc1ccccc1)C(=O)N(Cc1ccoc1)Cc1cccs1. The molecule has 0 unspecified atom stereocenters. The Balaban J connectivity index is 1.71. The largest absolute Gasteiger partial charge is 0.481 e. The Kier molecular flexibility index (Phi) is 5.33. The molecule has 24 heavy (non-hydrogen) atoms. The van der Waals surface area contributed by atoms with Crippen LogP contribution in [0.3, 0.4) is 0 Å². The first kappa shape index (κ1) is 16.3. The second kappa shape index (κ2) is 7.84. The monoisotopic (exact) mass is 341 g/mol. The van der Waals surface area contributed by atoms with Crippen molar-refractivity contribution in [1.82, 2.24) is 4.90 Å². The Hall–Kier alpha value is -2.53. The van der Waals surface area contributed by atoms with E-state index in [1.807, 2.05) is 53.9 Å².